The molecule has 0 aliphatic carbocycles. The van der Waals surface area contributed by atoms with Crippen molar-refractivity contribution in [3.05, 3.63) is 98.3 Å². The number of imidazole rings is 1. The number of carboxylic acids is 1. The van der Waals surface area contributed by atoms with Crippen LogP contribution in [0.5, 0.6) is 11.5 Å². The summed E-state index contributed by atoms with van der Waals surface area (Å²) in [5, 5.41) is 11.0. The fourth-order valence-corrected chi connectivity index (χ4v) is 4.59. The number of carbonyl (C=O) groups is 1. The van der Waals surface area contributed by atoms with Gasteiger partial charge in [-0.2, -0.15) is 0 Å². The average Bonchev–Trinajstić information content (AvgIpc) is 3.34. The maximum atomic E-state index is 13.0. The molecule has 0 amide bonds. The van der Waals surface area contributed by atoms with E-state index in [0.29, 0.717) is 26.6 Å². The Labute approximate surface area is 191 Å². The van der Waals surface area contributed by atoms with Gasteiger partial charge >= 0.3 is 0 Å². The van der Waals surface area contributed by atoms with Crippen molar-refractivity contribution in [1.29, 1.82) is 0 Å². The molecule has 7 nitrogen and oxygen atoms in total. The molecule has 0 spiro atoms. The molecule has 3 aromatic carbocycles. The van der Waals surface area contributed by atoms with Crippen LogP contribution in [0.25, 0.3) is 22.1 Å². The lowest BCUT2D eigenvalue weighted by atomic mass is 10.1. The van der Waals surface area contributed by atoms with E-state index >= 15 is 0 Å². The van der Waals surface area contributed by atoms with Gasteiger partial charge in [-0.25, -0.2) is 9.38 Å². The molecule has 0 aliphatic rings. The van der Waals surface area contributed by atoms with Crippen molar-refractivity contribution in [2.45, 2.75) is 6.61 Å². The van der Waals surface area contributed by atoms with Crippen LogP contribution in [0, 0.1) is 0 Å². The molecule has 0 radical (unpaired) electrons. The van der Waals surface area contributed by atoms with E-state index in [0.717, 1.165) is 16.6 Å². The van der Waals surface area contributed by atoms with Gasteiger partial charge in [0.15, 0.2) is 16.5 Å². The first-order valence-corrected chi connectivity index (χ1v) is 10.9. The lowest BCUT2D eigenvalue weighted by Crippen LogP contribution is -2.22. The Kier molecular flexibility index (Phi) is 5.27. The standard InChI is InChI=1S/C25H18N2O5S/c1-31-21-12-15(9-10-20(21)32-14-16-5-4-6-17(11-16)24(29)30)13-22-23(28)27-19-8-3-2-7-18(19)26-25(27)33-22/h2-13H,14H2,1H3,(H,29,30)/p-1/b22-13+. The molecule has 0 unspecified atom stereocenters. The van der Waals surface area contributed by atoms with Crippen molar-refractivity contribution in [1.82, 2.24) is 9.38 Å². The molecule has 0 atom stereocenters. The highest BCUT2D eigenvalue weighted by atomic mass is 32.1. The molecule has 33 heavy (non-hydrogen) atoms. The second-order valence-corrected chi connectivity index (χ2v) is 8.33. The number of aromatic nitrogens is 2. The van der Waals surface area contributed by atoms with Gasteiger partial charge < -0.3 is 19.4 Å². The Morgan fingerprint density at radius 3 is 2.76 bits per heavy atom. The fraction of sp³-hybridized carbons (Fsp3) is 0.0800. The lowest BCUT2D eigenvalue weighted by molar-refractivity contribution is -0.255. The molecule has 2 heterocycles. The molecule has 0 bridgehead atoms. The molecule has 0 saturated carbocycles. The number of carboxylic acid groups (broad SMARTS) is 1. The van der Waals surface area contributed by atoms with Crippen LogP contribution in [0.3, 0.4) is 0 Å². The molecular formula is C25H17N2O5S-. The molecule has 0 saturated heterocycles. The van der Waals surface area contributed by atoms with E-state index < -0.39 is 5.97 Å². The average molecular weight is 457 g/mol. The van der Waals surface area contributed by atoms with Gasteiger partial charge in [-0.05, 0) is 53.1 Å². The summed E-state index contributed by atoms with van der Waals surface area (Å²) in [6.45, 7) is 0.167. The first-order valence-electron chi connectivity index (χ1n) is 10.1. The number of ether oxygens (including phenoxy) is 2. The Morgan fingerprint density at radius 2 is 1.94 bits per heavy atom. The van der Waals surface area contributed by atoms with Crippen LogP contribution in [0.15, 0.2) is 71.5 Å². The third-order valence-corrected chi connectivity index (χ3v) is 6.16. The Bertz CT molecular complexity index is 1620. The van der Waals surface area contributed by atoms with Gasteiger partial charge in [-0.1, -0.05) is 47.7 Å². The quantitative estimate of drug-likeness (QED) is 0.389. The van der Waals surface area contributed by atoms with E-state index in [2.05, 4.69) is 4.98 Å². The van der Waals surface area contributed by atoms with Gasteiger partial charge in [0.1, 0.15) is 6.61 Å². The van der Waals surface area contributed by atoms with Crippen molar-refractivity contribution < 1.29 is 19.4 Å². The number of thiazole rings is 1. The molecule has 164 valence electrons. The van der Waals surface area contributed by atoms with Gasteiger partial charge in [0.25, 0.3) is 5.56 Å². The van der Waals surface area contributed by atoms with Gasteiger partial charge in [0.2, 0.25) is 0 Å². The number of nitrogens with zero attached hydrogens (tertiary/aromatic N) is 2. The first kappa shape index (κ1) is 20.7. The van der Waals surface area contributed by atoms with E-state index in [9.17, 15) is 14.7 Å². The molecule has 0 N–H and O–H groups in total. The number of hydrogen-bond donors (Lipinski definition) is 0. The van der Waals surface area contributed by atoms with E-state index in [1.54, 1.807) is 34.7 Å². The van der Waals surface area contributed by atoms with Gasteiger partial charge in [0.05, 0.1) is 28.6 Å². The zero-order chi connectivity index (χ0) is 22.9. The SMILES string of the molecule is COc1cc(/C=c2/sc3nc4ccccc4n3c2=O)ccc1OCc1cccc(C(=O)[O-])c1. The third-order valence-electron chi connectivity index (χ3n) is 5.19. The number of rotatable bonds is 6. The van der Waals surface area contributed by atoms with Gasteiger partial charge in [-0.3, -0.25) is 4.79 Å². The maximum Gasteiger partial charge on any atom is 0.274 e. The molecule has 5 rings (SSSR count). The number of para-hydroxylation sites is 2. The van der Waals surface area contributed by atoms with Crippen molar-refractivity contribution in [3.63, 3.8) is 0 Å². The smallest absolute Gasteiger partial charge is 0.274 e. The predicted octanol–water partition coefficient (Wildman–Crippen LogP) is 2.41. The highest BCUT2D eigenvalue weighted by molar-refractivity contribution is 7.15. The van der Waals surface area contributed by atoms with Crippen LogP contribution in [0.1, 0.15) is 21.5 Å². The highest BCUT2D eigenvalue weighted by Gasteiger charge is 2.11. The second-order valence-electron chi connectivity index (χ2n) is 7.32. The molecule has 0 aliphatic heterocycles. The van der Waals surface area contributed by atoms with Crippen molar-refractivity contribution in [3.8, 4) is 11.5 Å². The summed E-state index contributed by atoms with van der Waals surface area (Å²) in [7, 11) is 1.53. The Morgan fingerprint density at radius 1 is 1.09 bits per heavy atom. The number of methoxy groups -OCH3 is 1. The molecule has 2 aromatic heterocycles. The summed E-state index contributed by atoms with van der Waals surface area (Å²) in [5.74, 6) is -0.233. The van der Waals surface area contributed by atoms with Crippen LogP contribution in [0.2, 0.25) is 0 Å². The van der Waals surface area contributed by atoms with Crippen LogP contribution >= 0.6 is 11.3 Å². The topological polar surface area (TPSA) is 93.0 Å². The summed E-state index contributed by atoms with van der Waals surface area (Å²) in [6, 6.07) is 19.3. The van der Waals surface area contributed by atoms with Crippen LogP contribution < -0.4 is 24.7 Å². The first-order chi connectivity index (χ1) is 16.0. The van der Waals surface area contributed by atoms with Crippen molar-refractivity contribution in [2.24, 2.45) is 0 Å². The minimum atomic E-state index is -1.24. The summed E-state index contributed by atoms with van der Waals surface area (Å²) in [4.78, 5) is 29.2. The number of hydrogen-bond acceptors (Lipinski definition) is 7. The van der Waals surface area contributed by atoms with Crippen molar-refractivity contribution >= 4 is 39.4 Å². The minimum absolute atomic E-state index is 0.0940. The largest absolute Gasteiger partial charge is 0.545 e. The van der Waals surface area contributed by atoms with Gasteiger partial charge in [-0.15, -0.1) is 0 Å². The van der Waals surface area contributed by atoms with Crippen LogP contribution in [-0.2, 0) is 6.61 Å². The maximum absolute atomic E-state index is 13.0. The predicted molar refractivity (Wildman–Crippen MR) is 124 cm³/mol. The van der Waals surface area contributed by atoms with E-state index in [1.807, 2.05) is 30.3 Å². The molecular weight excluding hydrogens is 440 g/mol. The second kappa shape index (κ2) is 8.40. The zero-order valence-corrected chi connectivity index (χ0v) is 18.3. The van der Waals surface area contributed by atoms with E-state index in [4.69, 9.17) is 9.47 Å². The minimum Gasteiger partial charge on any atom is -0.545 e. The van der Waals surface area contributed by atoms with Gasteiger partial charge in [0, 0.05) is 0 Å². The van der Waals surface area contributed by atoms with E-state index in [1.165, 1.54) is 30.6 Å². The molecule has 8 heteroatoms. The summed E-state index contributed by atoms with van der Waals surface area (Å²) < 4.78 is 13.5. The third kappa shape index (κ3) is 3.92. The number of carbonyl (C=O) groups excluding carboxylic acids is 1. The summed E-state index contributed by atoms with van der Waals surface area (Å²) >= 11 is 1.33. The fourth-order valence-electron chi connectivity index (χ4n) is 3.61. The normalized spacial score (nSPS) is 11.8. The van der Waals surface area contributed by atoms with Crippen molar-refractivity contribution in [2.75, 3.05) is 7.11 Å². The zero-order valence-electron chi connectivity index (χ0n) is 17.5. The number of aromatic carboxylic acids is 1. The highest BCUT2D eigenvalue weighted by Crippen LogP contribution is 2.29. The molecule has 5 aromatic rings. The Balaban J connectivity index is 1.44. The number of fused-ring (bicyclic) bond motifs is 3. The lowest BCUT2D eigenvalue weighted by Gasteiger charge is -2.12. The molecule has 0 fully saturated rings. The van der Waals surface area contributed by atoms with Crippen LogP contribution in [-0.4, -0.2) is 22.5 Å². The monoisotopic (exact) mass is 457 g/mol. The Hall–Kier alpha value is -4.17. The summed E-state index contributed by atoms with van der Waals surface area (Å²) in [5.41, 5.74) is 3.04. The number of benzene rings is 3. The summed E-state index contributed by atoms with van der Waals surface area (Å²) in [6.07, 6.45) is 1.80. The van der Waals surface area contributed by atoms with E-state index in [-0.39, 0.29) is 17.7 Å². The van der Waals surface area contributed by atoms with Crippen LogP contribution in [0.4, 0.5) is 0 Å².